The molecule has 0 fully saturated rings. The number of aromatic nitrogens is 1. The Labute approximate surface area is 111 Å². The molecule has 0 unspecified atom stereocenters. The van der Waals surface area contributed by atoms with Crippen molar-refractivity contribution in [2.45, 2.75) is 6.92 Å². The topological polar surface area (TPSA) is 36.4 Å². The van der Waals surface area contributed by atoms with E-state index in [1.807, 2.05) is 67.6 Å². The molecule has 0 aliphatic carbocycles. The van der Waals surface area contributed by atoms with E-state index in [0.717, 1.165) is 28.0 Å². The van der Waals surface area contributed by atoms with Crippen molar-refractivity contribution >= 4 is 22.3 Å². The molecule has 2 aromatic carbocycles. The van der Waals surface area contributed by atoms with Gasteiger partial charge in [-0.05, 0) is 31.2 Å². The fourth-order valence-electron chi connectivity index (χ4n) is 2.17. The van der Waals surface area contributed by atoms with E-state index in [4.69, 9.17) is 0 Å². The molecule has 3 heteroatoms. The van der Waals surface area contributed by atoms with Gasteiger partial charge in [0.05, 0.1) is 16.9 Å². The van der Waals surface area contributed by atoms with Crippen LogP contribution in [0, 0.1) is 6.92 Å². The number of rotatable bonds is 2. The minimum Gasteiger partial charge on any atom is -0.283 e. The molecule has 19 heavy (non-hydrogen) atoms. The standard InChI is InChI=1S/C16H14N2O/c1-12-11-16(14-9-5-6-10-15(14)17-12)18(19)13-7-3-2-4-8-13/h2-11,19H,1H3. The minimum absolute atomic E-state index is 0.734. The first kappa shape index (κ1) is 11.7. The molecule has 0 aliphatic heterocycles. The molecule has 1 heterocycles. The summed E-state index contributed by atoms with van der Waals surface area (Å²) in [5, 5.41) is 12.6. The van der Waals surface area contributed by atoms with E-state index in [1.54, 1.807) is 0 Å². The van der Waals surface area contributed by atoms with E-state index in [2.05, 4.69) is 4.98 Å². The predicted molar refractivity (Wildman–Crippen MR) is 76.8 cm³/mol. The van der Waals surface area contributed by atoms with E-state index in [0.29, 0.717) is 0 Å². The third-order valence-electron chi connectivity index (χ3n) is 3.05. The number of hydrogen-bond donors (Lipinski definition) is 1. The second-order valence-electron chi connectivity index (χ2n) is 4.45. The average Bonchev–Trinajstić information content (AvgIpc) is 2.46. The van der Waals surface area contributed by atoms with E-state index in [-0.39, 0.29) is 0 Å². The Morgan fingerprint density at radius 2 is 1.63 bits per heavy atom. The summed E-state index contributed by atoms with van der Waals surface area (Å²) in [6.07, 6.45) is 0. The van der Waals surface area contributed by atoms with Crippen LogP contribution in [0.15, 0.2) is 60.7 Å². The zero-order chi connectivity index (χ0) is 13.2. The molecule has 0 amide bonds. The Bertz CT molecular complexity index is 710. The highest BCUT2D eigenvalue weighted by Gasteiger charge is 2.11. The summed E-state index contributed by atoms with van der Waals surface area (Å²) in [6, 6.07) is 19.1. The van der Waals surface area contributed by atoms with Crippen LogP contribution >= 0.6 is 0 Å². The molecular weight excluding hydrogens is 236 g/mol. The van der Waals surface area contributed by atoms with Crippen LogP contribution in [0.5, 0.6) is 0 Å². The third-order valence-corrected chi connectivity index (χ3v) is 3.05. The van der Waals surface area contributed by atoms with Gasteiger partial charge in [0.2, 0.25) is 0 Å². The Morgan fingerprint density at radius 3 is 2.42 bits per heavy atom. The van der Waals surface area contributed by atoms with Gasteiger partial charge in [-0.15, -0.1) is 0 Å². The minimum atomic E-state index is 0.734. The maximum Gasteiger partial charge on any atom is 0.0805 e. The van der Waals surface area contributed by atoms with Gasteiger partial charge in [-0.3, -0.25) is 10.2 Å². The lowest BCUT2D eigenvalue weighted by atomic mass is 10.1. The Balaban J connectivity index is 2.19. The van der Waals surface area contributed by atoms with E-state index < -0.39 is 0 Å². The molecule has 0 saturated heterocycles. The Hall–Kier alpha value is -2.39. The first-order valence-corrected chi connectivity index (χ1v) is 6.16. The molecule has 94 valence electrons. The van der Waals surface area contributed by atoms with Crippen molar-refractivity contribution in [1.29, 1.82) is 0 Å². The first-order valence-electron chi connectivity index (χ1n) is 6.16. The zero-order valence-corrected chi connectivity index (χ0v) is 10.6. The number of pyridine rings is 1. The molecule has 0 radical (unpaired) electrons. The quantitative estimate of drug-likeness (QED) is 0.696. The number of anilines is 2. The summed E-state index contributed by atoms with van der Waals surface area (Å²) in [5.74, 6) is 0. The number of nitrogens with zero attached hydrogens (tertiary/aromatic N) is 2. The van der Waals surface area contributed by atoms with Gasteiger partial charge in [-0.2, -0.15) is 0 Å². The maximum atomic E-state index is 10.4. The van der Waals surface area contributed by atoms with Crippen molar-refractivity contribution in [3.63, 3.8) is 0 Å². The zero-order valence-electron chi connectivity index (χ0n) is 10.6. The van der Waals surface area contributed by atoms with Crippen LogP contribution in [0.1, 0.15) is 5.69 Å². The SMILES string of the molecule is Cc1cc(N(O)c2ccccc2)c2ccccc2n1. The molecular formula is C16H14N2O. The maximum absolute atomic E-state index is 10.4. The molecule has 3 rings (SSSR count). The lowest BCUT2D eigenvalue weighted by Crippen LogP contribution is -2.11. The van der Waals surface area contributed by atoms with Gasteiger partial charge in [0.15, 0.2) is 0 Å². The van der Waals surface area contributed by atoms with Crippen molar-refractivity contribution in [2.24, 2.45) is 0 Å². The summed E-state index contributed by atoms with van der Waals surface area (Å²) >= 11 is 0. The fourth-order valence-corrected chi connectivity index (χ4v) is 2.17. The lowest BCUT2D eigenvalue weighted by Gasteiger charge is -2.19. The average molecular weight is 250 g/mol. The molecule has 0 aliphatic rings. The molecule has 1 N–H and O–H groups in total. The highest BCUT2D eigenvalue weighted by atomic mass is 16.5. The third kappa shape index (κ3) is 2.16. The van der Waals surface area contributed by atoms with Crippen LogP contribution in [0.25, 0.3) is 10.9 Å². The molecule has 0 spiro atoms. The van der Waals surface area contributed by atoms with Gasteiger partial charge in [-0.25, -0.2) is 5.06 Å². The summed E-state index contributed by atoms with van der Waals surface area (Å²) in [6.45, 7) is 1.93. The normalized spacial score (nSPS) is 10.6. The summed E-state index contributed by atoms with van der Waals surface area (Å²) in [5.41, 5.74) is 3.24. The van der Waals surface area contributed by atoms with Crippen LogP contribution in [-0.4, -0.2) is 10.2 Å². The smallest absolute Gasteiger partial charge is 0.0805 e. The van der Waals surface area contributed by atoms with Crippen molar-refractivity contribution < 1.29 is 5.21 Å². The summed E-state index contributed by atoms with van der Waals surface area (Å²) in [7, 11) is 0. The van der Waals surface area contributed by atoms with Crippen LogP contribution in [0.4, 0.5) is 11.4 Å². The molecule has 1 aromatic heterocycles. The van der Waals surface area contributed by atoms with Crippen molar-refractivity contribution in [1.82, 2.24) is 4.98 Å². The number of fused-ring (bicyclic) bond motifs is 1. The first-order chi connectivity index (χ1) is 9.25. The Kier molecular flexibility index (Phi) is 2.89. The number of hydrogen-bond acceptors (Lipinski definition) is 3. The summed E-state index contributed by atoms with van der Waals surface area (Å²) < 4.78 is 0. The van der Waals surface area contributed by atoms with E-state index in [1.165, 1.54) is 5.06 Å². The van der Waals surface area contributed by atoms with Gasteiger partial charge in [0.1, 0.15) is 0 Å². The lowest BCUT2D eigenvalue weighted by molar-refractivity contribution is 0.302. The van der Waals surface area contributed by atoms with Crippen molar-refractivity contribution in [3.05, 3.63) is 66.4 Å². The molecule has 0 saturated carbocycles. The van der Waals surface area contributed by atoms with Crippen molar-refractivity contribution in [3.8, 4) is 0 Å². The van der Waals surface area contributed by atoms with Gasteiger partial charge >= 0.3 is 0 Å². The number of aryl methyl sites for hydroxylation is 1. The fraction of sp³-hybridized carbons (Fsp3) is 0.0625. The predicted octanol–water partition coefficient (Wildman–Crippen LogP) is 4.07. The Morgan fingerprint density at radius 1 is 0.947 bits per heavy atom. The van der Waals surface area contributed by atoms with Crippen LogP contribution in [0.3, 0.4) is 0 Å². The van der Waals surface area contributed by atoms with Gasteiger partial charge < -0.3 is 0 Å². The highest BCUT2D eigenvalue weighted by molar-refractivity contribution is 5.93. The summed E-state index contributed by atoms with van der Waals surface area (Å²) in [4.78, 5) is 4.47. The van der Waals surface area contributed by atoms with E-state index in [9.17, 15) is 5.21 Å². The molecule has 0 bridgehead atoms. The second kappa shape index (κ2) is 4.71. The highest BCUT2D eigenvalue weighted by Crippen LogP contribution is 2.30. The monoisotopic (exact) mass is 250 g/mol. The van der Waals surface area contributed by atoms with Crippen molar-refractivity contribution in [2.75, 3.05) is 5.06 Å². The van der Waals surface area contributed by atoms with Gasteiger partial charge in [0.25, 0.3) is 0 Å². The second-order valence-corrected chi connectivity index (χ2v) is 4.45. The van der Waals surface area contributed by atoms with Gasteiger partial charge in [-0.1, -0.05) is 36.4 Å². The number of para-hydroxylation sites is 2. The number of benzene rings is 2. The van der Waals surface area contributed by atoms with Crippen LogP contribution in [0.2, 0.25) is 0 Å². The van der Waals surface area contributed by atoms with E-state index >= 15 is 0 Å². The molecule has 3 aromatic rings. The largest absolute Gasteiger partial charge is 0.283 e. The van der Waals surface area contributed by atoms with Gasteiger partial charge in [0, 0.05) is 11.1 Å². The molecule has 0 atom stereocenters. The van der Waals surface area contributed by atoms with Crippen LogP contribution in [-0.2, 0) is 0 Å². The van der Waals surface area contributed by atoms with Crippen LogP contribution < -0.4 is 5.06 Å². The molecule has 3 nitrogen and oxygen atoms in total.